The highest BCUT2D eigenvalue weighted by Gasteiger charge is 2.22. The maximum Gasteiger partial charge on any atom is 0.0422 e. The van der Waals surface area contributed by atoms with Gasteiger partial charge in [0, 0.05) is 11.4 Å². The van der Waals surface area contributed by atoms with Gasteiger partial charge in [0.2, 0.25) is 0 Å². The number of nitrogens with one attached hydrogen (secondary N) is 1. The fourth-order valence-electron chi connectivity index (χ4n) is 3.30. The van der Waals surface area contributed by atoms with E-state index in [-0.39, 0.29) is 10.8 Å². The monoisotopic (exact) mass is 357 g/mol. The summed E-state index contributed by atoms with van der Waals surface area (Å²) in [5, 5.41) is 3.67. The maximum atomic E-state index is 3.67. The molecule has 3 rings (SSSR count). The minimum Gasteiger partial charge on any atom is -0.355 e. The van der Waals surface area contributed by atoms with Crippen molar-refractivity contribution in [2.24, 2.45) is 0 Å². The second-order valence-corrected chi connectivity index (χ2v) is 9.33. The van der Waals surface area contributed by atoms with Crippen molar-refractivity contribution in [3.8, 4) is 11.1 Å². The van der Waals surface area contributed by atoms with Crippen LogP contribution in [0.1, 0.15) is 52.7 Å². The predicted octanol–water partition coefficient (Wildman–Crippen LogP) is 7.69. The molecule has 1 N–H and O–H groups in total. The van der Waals surface area contributed by atoms with E-state index >= 15 is 0 Å². The van der Waals surface area contributed by atoms with Gasteiger partial charge < -0.3 is 5.32 Å². The molecule has 0 atom stereocenters. The van der Waals surface area contributed by atoms with Gasteiger partial charge in [-0.3, -0.25) is 0 Å². The molecule has 140 valence electrons. The zero-order valence-corrected chi connectivity index (χ0v) is 17.4. The number of benzene rings is 3. The van der Waals surface area contributed by atoms with E-state index in [2.05, 4.69) is 120 Å². The molecule has 0 saturated carbocycles. The molecule has 0 aliphatic heterocycles. The van der Waals surface area contributed by atoms with Gasteiger partial charge in [-0.05, 0) is 51.3 Å². The minimum absolute atomic E-state index is 0.0701. The summed E-state index contributed by atoms with van der Waals surface area (Å²) in [7, 11) is 0. The maximum absolute atomic E-state index is 3.67. The van der Waals surface area contributed by atoms with Crippen molar-refractivity contribution in [2.45, 2.75) is 52.4 Å². The van der Waals surface area contributed by atoms with Crippen molar-refractivity contribution >= 4 is 11.4 Å². The normalized spacial score (nSPS) is 12.1. The number of hydrogen-bond acceptors (Lipinski definition) is 1. The Hall–Kier alpha value is -2.54. The Morgan fingerprint density at radius 1 is 0.593 bits per heavy atom. The second-order valence-electron chi connectivity index (χ2n) is 9.33. The van der Waals surface area contributed by atoms with Crippen molar-refractivity contribution in [1.82, 2.24) is 0 Å². The van der Waals surface area contributed by atoms with E-state index in [1.165, 1.54) is 27.9 Å². The number of rotatable bonds is 3. The van der Waals surface area contributed by atoms with Crippen LogP contribution in [0.15, 0.2) is 72.8 Å². The third kappa shape index (κ3) is 4.60. The summed E-state index contributed by atoms with van der Waals surface area (Å²) in [6.07, 6.45) is 0. The standard InChI is InChI=1S/C26H31N/c1-25(2,3)21-15-16-24(23(18-21)26(4,5)6)27-22-14-10-13-20(17-22)19-11-8-7-9-12-19/h7-18,27H,1-6H3. The van der Waals surface area contributed by atoms with Gasteiger partial charge in [0.05, 0.1) is 0 Å². The van der Waals surface area contributed by atoms with Gasteiger partial charge in [0.15, 0.2) is 0 Å². The molecular weight excluding hydrogens is 326 g/mol. The lowest BCUT2D eigenvalue weighted by Gasteiger charge is -2.28. The Kier molecular flexibility index (Phi) is 5.15. The van der Waals surface area contributed by atoms with E-state index in [1.807, 2.05) is 0 Å². The van der Waals surface area contributed by atoms with Crippen molar-refractivity contribution in [1.29, 1.82) is 0 Å². The van der Waals surface area contributed by atoms with E-state index in [0.717, 1.165) is 5.69 Å². The Labute approximate surface area is 164 Å². The summed E-state index contributed by atoms with van der Waals surface area (Å²) in [5.41, 5.74) is 7.69. The highest BCUT2D eigenvalue weighted by molar-refractivity contribution is 5.72. The Morgan fingerprint density at radius 2 is 1.26 bits per heavy atom. The topological polar surface area (TPSA) is 12.0 Å². The van der Waals surface area contributed by atoms with Crippen LogP contribution in [0.5, 0.6) is 0 Å². The second kappa shape index (κ2) is 7.23. The largest absolute Gasteiger partial charge is 0.355 e. The fourth-order valence-corrected chi connectivity index (χ4v) is 3.30. The van der Waals surface area contributed by atoms with Gasteiger partial charge in [-0.15, -0.1) is 0 Å². The molecular formula is C26H31N. The fraction of sp³-hybridized carbons (Fsp3) is 0.308. The molecule has 1 heteroatoms. The molecule has 0 unspecified atom stereocenters. The van der Waals surface area contributed by atoms with E-state index in [1.54, 1.807) is 0 Å². The lowest BCUT2D eigenvalue weighted by molar-refractivity contribution is 0.570. The first kappa shape index (κ1) is 19.2. The molecule has 0 fully saturated rings. The molecule has 0 aliphatic carbocycles. The molecule has 1 nitrogen and oxygen atoms in total. The van der Waals surface area contributed by atoms with Crippen LogP contribution in [0.4, 0.5) is 11.4 Å². The van der Waals surface area contributed by atoms with Crippen molar-refractivity contribution < 1.29 is 0 Å². The summed E-state index contributed by atoms with van der Waals surface area (Å²) in [6.45, 7) is 13.6. The van der Waals surface area contributed by atoms with Crippen LogP contribution < -0.4 is 5.32 Å². The van der Waals surface area contributed by atoms with Crippen LogP contribution in [-0.2, 0) is 10.8 Å². The van der Waals surface area contributed by atoms with Crippen molar-refractivity contribution in [3.63, 3.8) is 0 Å². The average molecular weight is 358 g/mol. The molecule has 27 heavy (non-hydrogen) atoms. The van der Waals surface area contributed by atoms with Crippen LogP contribution in [0.3, 0.4) is 0 Å². The Balaban J connectivity index is 1.98. The van der Waals surface area contributed by atoms with Gasteiger partial charge in [0.1, 0.15) is 0 Å². The smallest absolute Gasteiger partial charge is 0.0422 e. The summed E-state index contributed by atoms with van der Waals surface area (Å²) >= 11 is 0. The average Bonchev–Trinajstić information content (AvgIpc) is 2.61. The van der Waals surface area contributed by atoms with Crippen molar-refractivity contribution in [2.75, 3.05) is 5.32 Å². The van der Waals surface area contributed by atoms with Crippen LogP contribution in [0.25, 0.3) is 11.1 Å². The zero-order valence-electron chi connectivity index (χ0n) is 17.4. The summed E-state index contributed by atoms with van der Waals surface area (Å²) in [4.78, 5) is 0. The highest BCUT2D eigenvalue weighted by Crippen LogP contribution is 2.36. The molecule has 0 aromatic heterocycles. The van der Waals surface area contributed by atoms with Gasteiger partial charge in [-0.1, -0.05) is 96.1 Å². The molecule has 0 heterocycles. The molecule has 0 amide bonds. The van der Waals surface area contributed by atoms with E-state index < -0.39 is 0 Å². The summed E-state index contributed by atoms with van der Waals surface area (Å²) in [5.74, 6) is 0. The summed E-state index contributed by atoms with van der Waals surface area (Å²) in [6, 6.07) is 26.0. The van der Waals surface area contributed by atoms with Crippen molar-refractivity contribution in [3.05, 3.63) is 83.9 Å². The number of anilines is 2. The number of hydrogen-bond donors (Lipinski definition) is 1. The molecule has 0 bridgehead atoms. The lowest BCUT2D eigenvalue weighted by Crippen LogP contribution is -2.17. The first-order valence-electron chi connectivity index (χ1n) is 9.72. The van der Waals surface area contributed by atoms with Crippen LogP contribution in [0, 0.1) is 0 Å². The third-order valence-electron chi connectivity index (χ3n) is 4.94. The molecule has 0 radical (unpaired) electrons. The Bertz CT molecular complexity index is 909. The molecule has 0 spiro atoms. The molecule has 0 saturated heterocycles. The first-order chi connectivity index (χ1) is 12.6. The first-order valence-corrected chi connectivity index (χ1v) is 9.72. The SMILES string of the molecule is CC(C)(C)c1ccc(Nc2cccc(-c3ccccc3)c2)c(C(C)(C)C)c1. The molecule has 0 aliphatic rings. The van der Waals surface area contributed by atoms with E-state index in [4.69, 9.17) is 0 Å². The highest BCUT2D eigenvalue weighted by atomic mass is 14.9. The van der Waals surface area contributed by atoms with Crippen LogP contribution >= 0.6 is 0 Å². The molecule has 3 aromatic rings. The van der Waals surface area contributed by atoms with Crippen LogP contribution in [-0.4, -0.2) is 0 Å². The van der Waals surface area contributed by atoms with Gasteiger partial charge in [-0.2, -0.15) is 0 Å². The lowest BCUT2D eigenvalue weighted by atomic mass is 9.80. The van der Waals surface area contributed by atoms with E-state index in [0.29, 0.717) is 0 Å². The molecule has 3 aromatic carbocycles. The van der Waals surface area contributed by atoms with E-state index in [9.17, 15) is 0 Å². The zero-order chi connectivity index (χ0) is 19.7. The van der Waals surface area contributed by atoms with Gasteiger partial charge in [-0.25, -0.2) is 0 Å². The summed E-state index contributed by atoms with van der Waals surface area (Å²) < 4.78 is 0. The van der Waals surface area contributed by atoms with Gasteiger partial charge in [0.25, 0.3) is 0 Å². The minimum atomic E-state index is 0.0701. The van der Waals surface area contributed by atoms with Crippen LogP contribution in [0.2, 0.25) is 0 Å². The Morgan fingerprint density at radius 3 is 1.89 bits per heavy atom. The van der Waals surface area contributed by atoms with Gasteiger partial charge >= 0.3 is 0 Å². The third-order valence-corrected chi connectivity index (χ3v) is 4.94. The quantitative estimate of drug-likeness (QED) is 0.506. The predicted molar refractivity (Wildman–Crippen MR) is 119 cm³/mol.